The predicted molar refractivity (Wildman–Crippen MR) is 144 cm³/mol. The molecule has 2 aliphatic rings. The van der Waals surface area contributed by atoms with E-state index in [0.29, 0.717) is 11.3 Å². The van der Waals surface area contributed by atoms with E-state index in [1.54, 1.807) is 24.3 Å². The van der Waals surface area contributed by atoms with Crippen LogP contribution in [-0.4, -0.2) is 64.0 Å². The van der Waals surface area contributed by atoms with Crippen molar-refractivity contribution in [3.05, 3.63) is 65.2 Å². The molecule has 2 atom stereocenters. The van der Waals surface area contributed by atoms with Crippen LogP contribution in [0.3, 0.4) is 0 Å². The molecule has 2 fully saturated rings. The predicted octanol–water partition coefficient (Wildman–Crippen LogP) is 4.16. The number of hydrogen-bond donors (Lipinski definition) is 3. The SMILES string of the molecule is Cc1ccc(NC(=O)N2CCN(C(=O)c3ccc(C)cc3)C2C(=O)NC(CC(=O)O)C2CCCCC2)cc1. The summed E-state index contributed by atoms with van der Waals surface area (Å²) in [5.74, 6) is -1.85. The summed E-state index contributed by atoms with van der Waals surface area (Å²) in [4.78, 5) is 55.0. The highest BCUT2D eigenvalue weighted by molar-refractivity contribution is 6.00. The molecule has 2 unspecified atom stereocenters. The molecule has 4 rings (SSSR count). The number of carboxylic acid groups (broad SMARTS) is 1. The lowest BCUT2D eigenvalue weighted by atomic mass is 9.82. The Balaban J connectivity index is 1.59. The Hall–Kier alpha value is -3.88. The number of aryl methyl sites for hydroxylation is 2. The van der Waals surface area contributed by atoms with Gasteiger partial charge in [-0.1, -0.05) is 54.7 Å². The zero-order valence-electron chi connectivity index (χ0n) is 22.0. The zero-order chi connectivity index (χ0) is 27.2. The number of nitrogens with one attached hydrogen (secondary N) is 2. The van der Waals surface area contributed by atoms with Crippen molar-refractivity contribution in [1.29, 1.82) is 0 Å². The maximum atomic E-state index is 13.8. The number of nitrogens with zero attached hydrogens (tertiary/aromatic N) is 2. The summed E-state index contributed by atoms with van der Waals surface area (Å²) in [5, 5.41) is 15.3. The van der Waals surface area contributed by atoms with Crippen molar-refractivity contribution in [1.82, 2.24) is 15.1 Å². The minimum Gasteiger partial charge on any atom is -0.481 e. The van der Waals surface area contributed by atoms with Crippen LogP contribution in [0, 0.1) is 19.8 Å². The molecular formula is C29H36N4O5. The number of urea groups is 1. The second-order valence-electron chi connectivity index (χ2n) is 10.3. The summed E-state index contributed by atoms with van der Waals surface area (Å²) in [6, 6.07) is 13.3. The highest BCUT2D eigenvalue weighted by atomic mass is 16.4. The number of rotatable bonds is 7. The van der Waals surface area contributed by atoms with Crippen molar-refractivity contribution in [3.8, 4) is 0 Å². The maximum absolute atomic E-state index is 13.8. The van der Waals surface area contributed by atoms with Crippen molar-refractivity contribution >= 4 is 29.5 Å². The van der Waals surface area contributed by atoms with Gasteiger partial charge in [0.25, 0.3) is 11.8 Å². The van der Waals surface area contributed by atoms with Gasteiger partial charge < -0.3 is 20.6 Å². The Morgan fingerprint density at radius 1 is 0.868 bits per heavy atom. The summed E-state index contributed by atoms with van der Waals surface area (Å²) < 4.78 is 0. The van der Waals surface area contributed by atoms with Gasteiger partial charge in [-0.3, -0.25) is 19.3 Å². The lowest BCUT2D eigenvalue weighted by molar-refractivity contribution is -0.138. The summed E-state index contributed by atoms with van der Waals surface area (Å²) in [5.41, 5.74) is 3.04. The fourth-order valence-electron chi connectivity index (χ4n) is 5.35. The Morgan fingerprint density at radius 2 is 1.45 bits per heavy atom. The van der Waals surface area contributed by atoms with Gasteiger partial charge in [-0.2, -0.15) is 0 Å². The van der Waals surface area contributed by atoms with Crippen molar-refractivity contribution < 1.29 is 24.3 Å². The van der Waals surface area contributed by atoms with Crippen LogP contribution in [0.2, 0.25) is 0 Å². The third-order valence-electron chi connectivity index (χ3n) is 7.47. The molecule has 0 aromatic heterocycles. The average Bonchev–Trinajstić information content (AvgIpc) is 3.35. The molecule has 1 saturated carbocycles. The molecule has 0 spiro atoms. The molecule has 1 aliphatic carbocycles. The van der Waals surface area contributed by atoms with Crippen LogP contribution in [-0.2, 0) is 9.59 Å². The first kappa shape index (κ1) is 27.2. The maximum Gasteiger partial charge on any atom is 0.323 e. The van der Waals surface area contributed by atoms with Gasteiger partial charge in [-0.15, -0.1) is 0 Å². The Bertz CT molecular complexity index is 1160. The van der Waals surface area contributed by atoms with E-state index in [-0.39, 0.29) is 31.3 Å². The second-order valence-corrected chi connectivity index (χ2v) is 10.3. The first-order valence-corrected chi connectivity index (χ1v) is 13.3. The largest absolute Gasteiger partial charge is 0.481 e. The molecule has 1 heterocycles. The van der Waals surface area contributed by atoms with Gasteiger partial charge in [-0.25, -0.2) is 4.79 Å². The van der Waals surface area contributed by atoms with E-state index >= 15 is 0 Å². The minimum absolute atomic E-state index is 0.0429. The summed E-state index contributed by atoms with van der Waals surface area (Å²) in [7, 11) is 0. The van der Waals surface area contributed by atoms with E-state index in [9.17, 15) is 24.3 Å². The van der Waals surface area contributed by atoms with Crippen LogP contribution >= 0.6 is 0 Å². The fraction of sp³-hybridized carbons (Fsp3) is 0.448. The van der Waals surface area contributed by atoms with E-state index in [1.807, 2.05) is 38.1 Å². The number of carbonyl (C=O) groups excluding carboxylic acids is 3. The molecule has 3 N–H and O–H groups in total. The van der Waals surface area contributed by atoms with Crippen LogP contribution < -0.4 is 10.6 Å². The summed E-state index contributed by atoms with van der Waals surface area (Å²) in [6.45, 7) is 4.21. The molecule has 38 heavy (non-hydrogen) atoms. The number of amides is 4. The lowest BCUT2D eigenvalue weighted by Gasteiger charge is -2.34. The third kappa shape index (κ3) is 6.51. The van der Waals surface area contributed by atoms with E-state index in [1.165, 1.54) is 9.80 Å². The zero-order valence-corrected chi connectivity index (χ0v) is 22.0. The topological polar surface area (TPSA) is 119 Å². The molecule has 9 heteroatoms. The minimum atomic E-state index is -1.20. The quantitative estimate of drug-likeness (QED) is 0.507. The molecule has 202 valence electrons. The monoisotopic (exact) mass is 520 g/mol. The van der Waals surface area contributed by atoms with Gasteiger partial charge in [0.05, 0.1) is 6.42 Å². The molecule has 4 amide bonds. The highest BCUT2D eigenvalue weighted by Gasteiger charge is 2.44. The Kier molecular flexibility index (Phi) is 8.66. The first-order chi connectivity index (χ1) is 18.2. The van der Waals surface area contributed by atoms with Gasteiger partial charge in [0.2, 0.25) is 0 Å². The molecular weight excluding hydrogens is 484 g/mol. The average molecular weight is 521 g/mol. The van der Waals surface area contributed by atoms with Gasteiger partial charge in [0.1, 0.15) is 0 Å². The van der Waals surface area contributed by atoms with Crippen LogP contribution in [0.1, 0.15) is 60.0 Å². The number of anilines is 1. The highest BCUT2D eigenvalue weighted by Crippen LogP contribution is 2.29. The van der Waals surface area contributed by atoms with Crippen LogP contribution in [0.4, 0.5) is 10.5 Å². The second kappa shape index (κ2) is 12.1. The van der Waals surface area contributed by atoms with E-state index in [2.05, 4.69) is 10.6 Å². The number of benzene rings is 2. The molecule has 1 aliphatic heterocycles. The van der Waals surface area contributed by atoms with Crippen molar-refractivity contribution in [3.63, 3.8) is 0 Å². The smallest absolute Gasteiger partial charge is 0.323 e. The van der Waals surface area contributed by atoms with Crippen LogP contribution in [0.15, 0.2) is 48.5 Å². The van der Waals surface area contributed by atoms with Gasteiger partial charge in [0.15, 0.2) is 6.17 Å². The molecule has 2 aromatic carbocycles. The normalized spacial score (nSPS) is 18.6. The summed E-state index contributed by atoms with van der Waals surface area (Å²) >= 11 is 0. The number of hydrogen-bond acceptors (Lipinski definition) is 4. The van der Waals surface area contributed by atoms with Gasteiger partial charge in [0, 0.05) is 30.4 Å². The molecule has 2 aromatic rings. The van der Waals surface area contributed by atoms with Crippen molar-refractivity contribution in [2.45, 2.75) is 64.6 Å². The molecule has 0 bridgehead atoms. The van der Waals surface area contributed by atoms with Crippen molar-refractivity contribution in [2.24, 2.45) is 5.92 Å². The number of carboxylic acids is 1. The molecule has 0 radical (unpaired) electrons. The molecule has 9 nitrogen and oxygen atoms in total. The van der Waals surface area contributed by atoms with Gasteiger partial charge >= 0.3 is 12.0 Å². The number of carbonyl (C=O) groups is 4. The van der Waals surface area contributed by atoms with E-state index in [4.69, 9.17) is 0 Å². The van der Waals surface area contributed by atoms with Crippen LogP contribution in [0.25, 0.3) is 0 Å². The Morgan fingerprint density at radius 3 is 2.05 bits per heavy atom. The third-order valence-corrected chi connectivity index (χ3v) is 7.47. The Labute approximate surface area is 223 Å². The van der Waals surface area contributed by atoms with E-state index < -0.39 is 30.1 Å². The summed E-state index contributed by atoms with van der Waals surface area (Å²) in [6.07, 6.45) is 3.35. The molecule has 1 saturated heterocycles. The number of aliphatic carboxylic acids is 1. The van der Waals surface area contributed by atoms with Crippen molar-refractivity contribution in [2.75, 3.05) is 18.4 Å². The van der Waals surface area contributed by atoms with Gasteiger partial charge in [-0.05, 0) is 56.9 Å². The van der Waals surface area contributed by atoms with E-state index in [0.717, 1.165) is 43.2 Å². The first-order valence-electron chi connectivity index (χ1n) is 13.3. The standard InChI is InChI=1S/C29H36N4O5/c1-19-8-12-22(13-9-19)28(37)32-16-17-33(29(38)30-23-14-10-20(2)11-15-23)27(32)26(36)31-24(18-25(34)35)21-6-4-3-5-7-21/h8-15,21,24,27H,3-7,16-18H2,1-2H3,(H,30,38)(H,31,36)(H,34,35). The lowest BCUT2D eigenvalue weighted by Crippen LogP contribution is -2.57. The fourth-order valence-corrected chi connectivity index (χ4v) is 5.35. The van der Waals surface area contributed by atoms with Crippen LogP contribution in [0.5, 0.6) is 0 Å².